The first kappa shape index (κ1) is 18.5. The fourth-order valence-corrected chi connectivity index (χ4v) is 1.78. The minimum Gasteiger partial charge on any atom is -0.394 e. The van der Waals surface area contributed by atoms with E-state index < -0.39 is 47.3 Å². The first-order chi connectivity index (χ1) is 10.1. The van der Waals surface area contributed by atoms with Gasteiger partial charge in [0, 0.05) is 7.05 Å². The molecule has 9 heteroatoms. The summed E-state index contributed by atoms with van der Waals surface area (Å²) in [6, 6.07) is -1.52. The van der Waals surface area contributed by atoms with Crippen molar-refractivity contribution in [2.24, 2.45) is 0 Å². The van der Waals surface area contributed by atoms with Crippen LogP contribution in [0, 0.1) is 5.82 Å². The van der Waals surface area contributed by atoms with E-state index in [1.807, 2.05) is 0 Å². The SMILES string of the molecule is C[C@H](CO)N(C)C(=O)N[C@@H](c1ccc(F)c(Cl)c1)C(F)(F)F. The van der Waals surface area contributed by atoms with Gasteiger partial charge in [-0.3, -0.25) is 0 Å². The van der Waals surface area contributed by atoms with E-state index in [2.05, 4.69) is 0 Å². The molecule has 2 atom stereocenters. The van der Waals surface area contributed by atoms with E-state index in [1.165, 1.54) is 14.0 Å². The highest BCUT2D eigenvalue weighted by molar-refractivity contribution is 6.30. The topological polar surface area (TPSA) is 52.6 Å². The van der Waals surface area contributed by atoms with Crippen LogP contribution in [0.25, 0.3) is 0 Å². The molecule has 0 heterocycles. The van der Waals surface area contributed by atoms with Crippen molar-refractivity contribution in [2.45, 2.75) is 25.2 Å². The number of nitrogens with zero attached hydrogens (tertiary/aromatic N) is 1. The Morgan fingerprint density at radius 2 is 2.05 bits per heavy atom. The summed E-state index contributed by atoms with van der Waals surface area (Å²) in [6.07, 6.45) is -4.79. The van der Waals surface area contributed by atoms with Gasteiger partial charge in [-0.2, -0.15) is 13.2 Å². The average molecular weight is 343 g/mol. The molecule has 124 valence electrons. The molecule has 0 saturated carbocycles. The van der Waals surface area contributed by atoms with Crippen molar-refractivity contribution in [3.63, 3.8) is 0 Å². The number of aliphatic hydroxyl groups excluding tert-OH is 1. The molecule has 1 aromatic carbocycles. The summed E-state index contributed by atoms with van der Waals surface area (Å²) in [4.78, 5) is 12.8. The maximum atomic E-state index is 13.1. The van der Waals surface area contributed by atoms with Crippen LogP contribution in [-0.4, -0.2) is 41.9 Å². The molecule has 0 radical (unpaired) electrons. The molecule has 22 heavy (non-hydrogen) atoms. The van der Waals surface area contributed by atoms with Gasteiger partial charge in [0.25, 0.3) is 0 Å². The first-order valence-electron chi connectivity index (χ1n) is 6.23. The van der Waals surface area contributed by atoms with Crippen molar-refractivity contribution < 1.29 is 27.5 Å². The summed E-state index contributed by atoms with van der Waals surface area (Å²) in [6.45, 7) is 1.07. The van der Waals surface area contributed by atoms with Gasteiger partial charge >= 0.3 is 12.2 Å². The third-order valence-corrected chi connectivity index (χ3v) is 3.41. The van der Waals surface area contributed by atoms with Crippen LogP contribution in [0.5, 0.6) is 0 Å². The Balaban J connectivity index is 3.05. The number of alkyl halides is 3. The minimum atomic E-state index is -4.79. The van der Waals surface area contributed by atoms with E-state index in [4.69, 9.17) is 16.7 Å². The van der Waals surface area contributed by atoms with Crippen LogP contribution in [0.15, 0.2) is 18.2 Å². The molecule has 0 aliphatic rings. The Kier molecular flexibility index (Phi) is 6.01. The number of urea groups is 1. The van der Waals surface area contributed by atoms with Gasteiger partial charge < -0.3 is 15.3 Å². The van der Waals surface area contributed by atoms with E-state index in [0.717, 1.165) is 23.1 Å². The number of benzene rings is 1. The molecule has 0 bridgehead atoms. The van der Waals surface area contributed by atoms with Crippen LogP contribution in [0.2, 0.25) is 5.02 Å². The Morgan fingerprint density at radius 1 is 1.45 bits per heavy atom. The third kappa shape index (κ3) is 4.48. The smallest absolute Gasteiger partial charge is 0.394 e. The van der Waals surface area contributed by atoms with Crippen LogP contribution in [0.1, 0.15) is 18.5 Å². The van der Waals surface area contributed by atoms with Crippen LogP contribution in [-0.2, 0) is 0 Å². The second kappa shape index (κ2) is 7.15. The molecule has 0 unspecified atom stereocenters. The molecule has 0 spiro atoms. The van der Waals surface area contributed by atoms with Crippen molar-refractivity contribution >= 4 is 17.6 Å². The number of amides is 2. The lowest BCUT2D eigenvalue weighted by Crippen LogP contribution is -2.48. The maximum absolute atomic E-state index is 13.1. The van der Waals surface area contributed by atoms with E-state index in [0.29, 0.717) is 0 Å². The van der Waals surface area contributed by atoms with Gasteiger partial charge in [0.15, 0.2) is 6.04 Å². The van der Waals surface area contributed by atoms with Crippen molar-refractivity contribution in [1.29, 1.82) is 0 Å². The van der Waals surface area contributed by atoms with Crippen LogP contribution < -0.4 is 5.32 Å². The van der Waals surface area contributed by atoms with Gasteiger partial charge in [-0.1, -0.05) is 17.7 Å². The van der Waals surface area contributed by atoms with E-state index >= 15 is 0 Å². The van der Waals surface area contributed by atoms with E-state index in [1.54, 1.807) is 5.32 Å². The summed E-state index contributed by atoms with van der Waals surface area (Å²) < 4.78 is 52.4. The molecule has 0 aromatic heterocycles. The highest BCUT2D eigenvalue weighted by Gasteiger charge is 2.42. The number of halogens is 5. The average Bonchev–Trinajstić information content (AvgIpc) is 2.44. The fraction of sp³-hybridized carbons (Fsp3) is 0.462. The lowest BCUT2D eigenvalue weighted by molar-refractivity contribution is -0.155. The Morgan fingerprint density at radius 3 is 2.50 bits per heavy atom. The molecule has 0 aliphatic heterocycles. The predicted molar refractivity (Wildman–Crippen MR) is 73.0 cm³/mol. The van der Waals surface area contributed by atoms with Gasteiger partial charge in [-0.25, -0.2) is 9.18 Å². The number of carbonyl (C=O) groups excluding carboxylic acids is 1. The highest BCUT2D eigenvalue weighted by Crippen LogP contribution is 2.34. The van der Waals surface area contributed by atoms with Crippen molar-refractivity contribution in [3.8, 4) is 0 Å². The number of hydrogen-bond acceptors (Lipinski definition) is 2. The normalized spacial score (nSPS) is 14.4. The summed E-state index contributed by atoms with van der Waals surface area (Å²) >= 11 is 5.48. The molecule has 0 fully saturated rings. The molecule has 2 amide bonds. The van der Waals surface area contributed by atoms with Gasteiger partial charge in [-0.05, 0) is 24.6 Å². The zero-order chi connectivity index (χ0) is 17.1. The standard InChI is InChI=1S/C13H15ClF4N2O2/c1-7(6-21)20(2)12(22)19-11(13(16,17)18)8-3-4-10(15)9(14)5-8/h3-5,7,11,21H,6H2,1-2H3,(H,19,22)/t7-,11+/m1/s1. The lowest BCUT2D eigenvalue weighted by Gasteiger charge is -2.28. The molecule has 0 saturated heterocycles. The predicted octanol–water partition coefficient (Wildman–Crippen LogP) is 3.10. The molecule has 1 aromatic rings. The molecular weight excluding hydrogens is 328 g/mol. The number of carbonyl (C=O) groups is 1. The van der Waals surface area contributed by atoms with E-state index in [-0.39, 0.29) is 0 Å². The van der Waals surface area contributed by atoms with Crippen molar-refractivity contribution in [1.82, 2.24) is 10.2 Å². The highest BCUT2D eigenvalue weighted by atomic mass is 35.5. The fourth-order valence-electron chi connectivity index (χ4n) is 1.59. The molecular formula is C13H15ClF4N2O2. The van der Waals surface area contributed by atoms with Gasteiger partial charge in [0.05, 0.1) is 17.7 Å². The lowest BCUT2D eigenvalue weighted by atomic mass is 10.1. The van der Waals surface area contributed by atoms with E-state index in [9.17, 15) is 22.4 Å². The summed E-state index contributed by atoms with van der Waals surface area (Å²) in [5.41, 5.74) is -0.391. The molecule has 4 nitrogen and oxygen atoms in total. The third-order valence-electron chi connectivity index (χ3n) is 3.12. The molecule has 1 rings (SSSR count). The van der Waals surface area contributed by atoms with Crippen LogP contribution in [0.4, 0.5) is 22.4 Å². The Labute approximate surface area is 129 Å². The molecule has 2 N–H and O–H groups in total. The van der Waals surface area contributed by atoms with Crippen LogP contribution in [0.3, 0.4) is 0 Å². The second-order valence-electron chi connectivity index (χ2n) is 4.74. The first-order valence-corrected chi connectivity index (χ1v) is 6.61. The quantitative estimate of drug-likeness (QED) is 0.826. The summed E-state index contributed by atoms with van der Waals surface area (Å²) in [5.74, 6) is -0.858. The second-order valence-corrected chi connectivity index (χ2v) is 5.15. The van der Waals surface area contributed by atoms with Crippen molar-refractivity contribution in [3.05, 3.63) is 34.6 Å². The number of hydrogen-bond donors (Lipinski definition) is 2. The number of likely N-dealkylation sites (N-methyl/N-ethyl adjacent to an activating group) is 1. The maximum Gasteiger partial charge on any atom is 0.412 e. The molecule has 0 aliphatic carbocycles. The monoisotopic (exact) mass is 342 g/mol. The van der Waals surface area contributed by atoms with Gasteiger partial charge in [-0.15, -0.1) is 0 Å². The Hall–Kier alpha value is -1.54. The van der Waals surface area contributed by atoms with Crippen LogP contribution >= 0.6 is 11.6 Å². The van der Waals surface area contributed by atoms with Gasteiger partial charge in [0.2, 0.25) is 0 Å². The number of rotatable bonds is 4. The Bertz CT molecular complexity index is 539. The summed E-state index contributed by atoms with van der Waals surface area (Å²) in [7, 11) is 1.25. The zero-order valence-electron chi connectivity index (χ0n) is 11.8. The largest absolute Gasteiger partial charge is 0.412 e. The van der Waals surface area contributed by atoms with Crippen molar-refractivity contribution in [2.75, 3.05) is 13.7 Å². The number of aliphatic hydroxyl groups is 1. The summed E-state index contributed by atoms with van der Waals surface area (Å²) in [5, 5.41) is 10.3. The minimum absolute atomic E-state index is 0.391. The van der Waals surface area contributed by atoms with Gasteiger partial charge in [0.1, 0.15) is 5.82 Å². The zero-order valence-corrected chi connectivity index (χ0v) is 12.5. The number of nitrogens with one attached hydrogen (secondary N) is 1.